The smallest absolute Gasteiger partial charge is 0.103 e. The fourth-order valence-corrected chi connectivity index (χ4v) is 5.13. The van der Waals surface area contributed by atoms with Crippen LogP contribution in [0.4, 0.5) is 0 Å². The van der Waals surface area contributed by atoms with Crippen molar-refractivity contribution in [2.45, 2.75) is 45.1 Å². The summed E-state index contributed by atoms with van der Waals surface area (Å²) in [7, 11) is 0. The van der Waals surface area contributed by atoms with E-state index in [-0.39, 0.29) is 0 Å². The highest BCUT2D eigenvalue weighted by Gasteiger charge is 2.49. The van der Waals surface area contributed by atoms with Gasteiger partial charge in [0.25, 0.3) is 0 Å². The minimum atomic E-state index is 0.583. The van der Waals surface area contributed by atoms with Crippen LogP contribution in [0.15, 0.2) is 6.20 Å². The first-order chi connectivity index (χ1) is 8.76. The summed E-state index contributed by atoms with van der Waals surface area (Å²) in [4.78, 5) is 0. The molecular weight excluding hydrogens is 222 g/mol. The number of hydrogen-bond donors (Lipinski definition) is 0. The van der Waals surface area contributed by atoms with Crippen molar-refractivity contribution in [1.29, 1.82) is 5.26 Å². The van der Waals surface area contributed by atoms with Crippen molar-refractivity contribution in [1.82, 2.24) is 9.78 Å². The van der Waals surface area contributed by atoms with Gasteiger partial charge < -0.3 is 0 Å². The summed E-state index contributed by atoms with van der Waals surface area (Å²) in [6, 6.07) is 2.84. The van der Waals surface area contributed by atoms with E-state index < -0.39 is 0 Å². The molecule has 4 aliphatic rings. The standard InChI is InChI=1S/C15H19N3/c1-9-14(7-16)8-17-18(9)15-12-3-10-2-11(5-12)6-13(15)4-10/h8,10-13,15H,2-6H2,1H3. The SMILES string of the molecule is Cc1c(C#N)cnn1C1C2CC3CC(C2)CC1C3. The molecule has 1 aromatic rings. The van der Waals surface area contributed by atoms with Crippen molar-refractivity contribution in [2.75, 3.05) is 0 Å². The van der Waals surface area contributed by atoms with Crippen LogP contribution >= 0.6 is 0 Å². The van der Waals surface area contributed by atoms with Crippen LogP contribution in [-0.4, -0.2) is 9.78 Å². The van der Waals surface area contributed by atoms with Crippen LogP contribution in [0.25, 0.3) is 0 Å². The third kappa shape index (κ3) is 1.32. The van der Waals surface area contributed by atoms with Crippen molar-refractivity contribution in [3.05, 3.63) is 17.5 Å². The number of rotatable bonds is 1. The maximum atomic E-state index is 9.08. The number of nitriles is 1. The highest BCUT2D eigenvalue weighted by Crippen LogP contribution is 2.58. The zero-order valence-electron chi connectivity index (χ0n) is 10.8. The van der Waals surface area contributed by atoms with Gasteiger partial charge in [-0.25, -0.2) is 0 Å². The third-order valence-electron chi connectivity index (χ3n) is 5.62. The van der Waals surface area contributed by atoms with Crippen LogP contribution in [0.5, 0.6) is 0 Å². The molecule has 0 saturated heterocycles. The summed E-state index contributed by atoms with van der Waals surface area (Å²) in [5.41, 5.74) is 1.83. The lowest BCUT2D eigenvalue weighted by molar-refractivity contribution is -0.0343. The van der Waals surface area contributed by atoms with E-state index in [1.165, 1.54) is 32.1 Å². The molecule has 4 fully saturated rings. The van der Waals surface area contributed by atoms with Gasteiger partial charge in [0.2, 0.25) is 0 Å². The lowest BCUT2D eigenvalue weighted by Gasteiger charge is -2.54. The Morgan fingerprint density at radius 3 is 2.28 bits per heavy atom. The van der Waals surface area contributed by atoms with E-state index >= 15 is 0 Å². The topological polar surface area (TPSA) is 41.6 Å². The third-order valence-corrected chi connectivity index (χ3v) is 5.62. The number of nitrogens with zero attached hydrogens (tertiary/aromatic N) is 3. The van der Waals surface area contributed by atoms with E-state index in [1.807, 2.05) is 0 Å². The van der Waals surface area contributed by atoms with Crippen LogP contribution in [0, 0.1) is 41.9 Å². The van der Waals surface area contributed by atoms with Crippen molar-refractivity contribution in [2.24, 2.45) is 23.7 Å². The maximum Gasteiger partial charge on any atom is 0.103 e. The second-order valence-electron chi connectivity index (χ2n) is 6.62. The zero-order valence-corrected chi connectivity index (χ0v) is 10.8. The summed E-state index contributed by atoms with van der Waals surface area (Å²) in [6.07, 6.45) is 8.84. The summed E-state index contributed by atoms with van der Waals surface area (Å²) < 4.78 is 2.19. The fraction of sp³-hybridized carbons (Fsp3) is 0.733. The van der Waals surface area contributed by atoms with Crippen molar-refractivity contribution in [3.63, 3.8) is 0 Å². The second-order valence-corrected chi connectivity index (χ2v) is 6.62. The van der Waals surface area contributed by atoms with E-state index in [2.05, 4.69) is 22.8 Å². The molecule has 1 aromatic heterocycles. The lowest BCUT2D eigenvalue weighted by atomic mass is 9.54. The lowest BCUT2D eigenvalue weighted by Crippen LogP contribution is -2.46. The Morgan fingerprint density at radius 1 is 1.17 bits per heavy atom. The predicted octanol–water partition coefficient (Wildman–Crippen LogP) is 3.06. The largest absolute Gasteiger partial charge is 0.265 e. The summed E-state index contributed by atoms with van der Waals surface area (Å²) in [5.74, 6) is 3.64. The van der Waals surface area contributed by atoms with Crippen molar-refractivity contribution >= 4 is 0 Å². The van der Waals surface area contributed by atoms with Crippen LogP contribution in [0.3, 0.4) is 0 Å². The number of aromatic nitrogens is 2. The molecule has 3 nitrogen and oxygen atoms in total. The van der Waals surface area contributed by atoms with Crippen LogP contribution < -0.4 is 0 Å². The molecule has 4 aliphatic carbocycles. The van der Waals surface area contributed by atoms with E-state index in [9.17, 15) is 0 Å². The monoisotopic (exact) mass is 241 g/mol. The predicted molar refractivity (Wildman–Crippen MR) is 67.8 cm³/mol. The van der Waals surface area contributed by atoms with Gasteiger partial charge in [0.15, 0.2) is 0 Å². The average Bonchev–Trinajstić information content (AvgIpc) is 2.70. The average molecular weight is 241 g/mol. The van der Waals surface area contributed by atoms with Crippen LogP contribution in [0.2, 0.25) is 0 Å². The minimum absolute atomic E-state index is 0.583. The molecular formula is C15H19N3. The van der Waals surface area contributed by atoms with E-state index in [4.69, 9.17) is 5.26 Å². The first-order valence-corrected chi connectivity index (χ1v) is 7.20. The molecule has 4 saturated carbocycles. The normalized spacial score (nSPS) is 41.0. The summed E-state index contributed by atoms with van der Waals surface area (Å²) >= 11 is 0. The van der Waals surface area contributed by atoms with E-state index in [0.717, 1.165) is 34.9 Å². The van der Waals surface area contributed by atoms with Crippen molar-refractivity contribution < 1.29 is 0 Å². The van der Waals surface area contributed by atoms with Gasteiger partial charge in [-0.15, -0.1) is 0 Å². The Bertz CT molecular complexity index is 494. The first kappa shape index (κ1) is 10.6. The molecule has 94 valence electrons. The highest BCUT2D eigenvalue weighted by molar-refractivity contribution is 5.30. The molecule has 0 unspecified atom stereocenters. The molecule has 0 amide bonds. The zero-order chi connectivity index (χ0) is 12.3. The molecule has 0 aliphatic heterocycles. The molecule has 0 spiro atoms. The Morgan fingerprint density at radius 2 is 1.78 bits per heavy atom. The fourth-order valence-electron chi connectivity index (χ4n) is 5.13. The van der Waals surface area contributed by atoms with Gasteiger partial charge in [0, 0.05) is 0 Å². The van der Waals surface area contributed by atoms with Gasteiger partial charge in [-0.05, 0) is 62.7 Å². The van der Waals surface area contributed by atoms with Crippen molar-refractivity contribution in [3.8, 4) is 6.07 Å². The van der Waals surface area contributed by atoms with Gasteiger partial charge in [0.1, 0.15) is 6.07 Å². The Labute approximate surface area is 108 Å². The molecule has 1 heterocycles. The molecule has 0 atom stereocenters. The second kappa shape index (κ2) is 3.60. The van der Waals surface area contributed by atoms with Crippen LogP contribution in [0.1, 0.15) is 49.4 Å². The maximum absolute atomic E-state index is 9.08. The Kier molecular flexibility index (Phi) is 2.12. The number of hydrogen-bond acceptors (Lipinski definition) is 2. The quantitative estimate of drug-likeness (QED) is 0.758. The molecule has 3 heteroatoms. The minimum Gasteiger partial charge on any atom is -0.265 e. The Balaban J connectivity index is 1.73. The van der Waals surface area contributed by atoms with Gasteiger partial charge in [-0.3, -0.25) is 4.68 Å². The van der Waals surface area contributed by atoms with Gasteiger partial charge in [0.05, 0.1) is 23.5 Å². The molecule has 0 N–H and O–H groups in total. The highest BCUT2D eigenvalue weighted by atomic mass is 15.3. The van der Waals surface area contributed by atoms with Gasteiger partial charge in [-0.2, -0.15) is 10.4 Å². The molecule has 0 aromatic carbocycles. The van der Waals surface area contributed by atoms with Gasteiger partial charge in [-0.1, -0.05) is 0 Å². The van der Waals surface area contributed by atoms with Crippen LogP contribution in [-0.2, 0) is 0 Å². The van der Waals surface area contributed by atoms with E-state index in [0.29, 0.717) is 6.04 Å². The Hall–Kier alpha value is -1.30. The molecule has 4 bridgehead atoms. The van der Waals surface area contributed by atoms with Gasteiger partial charge >= 0.3 is 0 Å². The molecule has 18 heavy (non-hydrogen) atoms. The molecule has 5 rings (SSSR count). The molecule has 0 radical (unpaired) electrons. The summed E-state index contributed by atoms with van der Waals surface area (Å²) in [5, 5.41) is 13.6. The summed E-state index contributed by atoms with van der Waals surface area (Å²) in [6.45, 7) is 2.05. The first-order valence-electron chi connectivity index (χ1n) is 7.20. The van der Waals surface area contributed by atoms with E-state index in [1.54, 1.807) is 6.20 Å².